The second-order valence-corrected chi connectivity index (χ2v) is 9.82. The summed E-state index contributed by atoms with van der Waals surface area (Å²) in [6, 6.07) is 10.4. The molecule has 3 aromatic rings. The van der Waals surface area contributed by atoms with Gasteiger partial charge in [-0.2, -0.15) is 0 Å². The molecule has 0 aliphatic heterocycles. The Hall–Kier alpha value is -1.99. The summed E-state index contributed by atoms with van der Waals surface area (Å²) >= 11 is 0. The predicted molar refractivity (Wildman–Crippen MR) is 97.2 cm³/mol. The van der Waals surface area contributed by atoms with Crippen molar-refractivity contribution in [3.8, 4) is 0 Å². The van der Waals surface area contributed by atoms with Crippen molar-refractivity contribution in [2.45, 2.75) is 36.5 Å². The highest BCUT2D eigenvalue weighted by Gasteiger charge is 2.20. The number of imidazole rings is 1. The maximum atomic E-state index is 12.7. The average Bonchev–Trinajstić information content (AvgIpc) is 2.85. The molecule has 24 heavy (non-hydrogen) atoms. The summed E-state index contributed by atoms with van der Waals surface area (Å²) in [5, 5.41) is 0. The van der Waals surface area contributed by atoms with Crippen LogP contribution in [0.3, 0.4) is 0 Å². The number of benzene rings is 2. The fraction of sp³-hybridized carbons (Fsp3) is 0.235. The number of H-pyrrole nitrogens is 2. The number of hydrogen-bond donors (Lipinski definition) is 2. The van der Waals surface area contributed by atoms with Crippen molar-refractivity contribution >= 4 is 30.7 Å². The van der Waals surface area contributed by atoms with Gasteiger partial charge in [0.15, 0.2) is 0 Å². The first kappa shape index (κ1) is 16.9. The molecule has 2 aromatic carbocycles. The highest BCUT2D eigenvalue weighted by Crippen LogP contribution is 2.37. The quantitative estimate of drug-likeness (QED) is 0.692. The minimum Gasteiger partial charge on any atom is -0.306 e. The smallest absolute Gasteiger partial charge is 0.306 e. The third-order valence-electron chi connectivity index (χ3n) is 3.78. The van der Waals surface area contributed by atoms with Gasteiger partial charge in [0.05, 0.1) is 15.9 Å². The van der Waals surface area contributed by atoms with Gasteiger partial charge in [0.1, 0.15) is 0 Å². The molecule has 126 valence electrons. The third kappa shape index (κ3) is 3.27. The van der Waals surface area contributed by atoms with Crippen LogP contribution in [0.15, 0.2) is 51.0 Å². The van der Waals surface area contributed by atoms with E-state index in [4.69, 9.17) is 0 Å². The summed E-state index contributed by atoms with van der Waals surface area (Å²) in [4.78, 5) is 17.8. The Morgan fingerprint density at radius 1 is 1.00 bits per heavy atom. The molecule has 0 spiro atoms. The predicted octanol–water partition coefficient (Wildman–Crippen LogP) is 3.77. The van der Waals surface area contributed by atoms with Crippen molar-refractivity contribution in [2.75, 3.05) is 0 Å². The number of rotatable bonds is 4. The van der Waals surface area contributed by atoms with Crippen LogP contribution in [-0.4, -0.2) is 18.4 Å². The third-order valence-corrected chi connectivity index (χ3v) is 7.15. The van der Waals surface area contributed by atoms with Gasteiger partial charge in [-0.15, -0.1) is 0 Å². The number of aromatic amines is 2. The molecule has 0 unspecified atom stereocenters. The molecule has 0 aliphatic rings. The van der Waals surface area contributed by atoms with Crippen LogP contribution in [0.2, 0.25) is 0 Å². The van der Waals surface area contributed by atoms with Crippen molar-refractivity contribution in [3.63, 3.8) is 0 Å². The molecule has 0 bridgehead atoms. The van der Waals surface area contributed by atoms with E-state index in [9.17, 15) is 13.2 Å². The molecular weight excluding hydrogens is 344 g/mol. The van der Waals surface area contributed by atoms with Gasteiger partial charge in [-0.3, -0.25) is 0 Å². The summed E-state index contributed by atoms with van der Waals surface area (Å²) < 4.78 is 25.4. The van der Waals surface area contributed by atoms with Gasteiger partial charge in [0.2, 0.25) is 8.87 Å². The van der Waals surface area contributed by atoms with Crippen LogP contribution in [0, 0.1) is 6.92 Å². The molecular formula is C17H18N2O3S2. The molecule has 0 amide bonds. The van der Waals surface area contributed by atoms with Crippen molar-refractivity contribution in [1.82, 2.24) is 9.97 Å². The van der Waals surface area contributed by atoms with Crippen molar-refractivity contribution in [2.24, 2.45) is 0 Å². The fourth-order valence-electron chi connectivity index (χ4n) is 2.47. The molecule has 1 aromatic heterocycles. The van der Waals surface area contributed by atoms with E-state index in [1.165, 1.54) is 0 Å². The Morgan fingerprint density at radius 3 is 2.17 bits per heavy atom. The summed E-state index contributed by atoms with van der Waals surface area (Å²) in [6.45, 7) is 5.90. The number of aryl methyl sites for hydroxylation is 1. The SMILES string of the molecule is Cc1ccc(S(=O)(=O)Sc2cc3[nH]c(=O)[nH]c3cc2C(C)C)cc1. The molecule has 0 saturated heterocycles. The van der Waals surface area contributed by atoms with E-state index in [1.54, 1.807) is 30.3 Å². The Balaban J connectivity index is 2.09. The Kier molecular flexibility index (Phi) is 4.31. The van der Waals surface area contributed by atoms with Gasteiger partial charge in [-0.25, -0.2) is 13.2 Å². The monoisotopic (exact) mass is 362 g/mol. The van der Waals surface area contributed by atoms with Crippen LogP contribution in [0.5, 0.6) is 0 Å². The zero-order chi connectivity index (χ0) is 17.5. The van der Waals surface area contributed by atoms with Gasteiger partial charge < -0.3 is 9.97 Å². The molecule has 0 radical (unpaired) electrons. The highest BCUT2D eigenvalue weighted by atomic mass is 33.1. The largest absolute Gasteiger partial charge is 0.323 e. The molecule has 0 saturated carbocycles. The van der Waals surface area contributed by atoms with Crippen LogP contribution < -0.4 is 5.69 Å². The summed E-state index contributed by atoms with van der Waals surface area (Å²) in [6.07, 6.45) is 0. The lowest BCUT2D eigenvalue weighted by Crippen LogP contribution is -1.99. The maximum Gasteiger partial charge on any atom is 0.323 e. The lowest BCUT2D eigenvalue weighted by atomic mass is 10.0. The van der Waals surface area contributed by atoms with E-state index in [1.807, 2.05) is 26.8 Å². The van der Waals surface area contributed by atoms with Gasteiger partial charge in [0.25, 0.3) is 0 Å². The topological polar surface area (TPSA) is 82.8 Å². The van der Waals surface area contributed by atoms with E-state index in [-0.39, 0.29) is 16.5 Å². The summed E-state index contributed by atoms with van der Waals surface area (Å²) in [7, 11) is -2.71. The van der Waals surface area contributed by atoms with Crippen molar-refractivity contribution < 1.29 is 8.42 Å². The Bertz CT molecular complexity index is 1050. The van der Waals surface area contributed by atoms with Crippen molar-refractivity contribution in [3.05, 3.63) is 58.0 Å². The lowest BCUT2D eigenvalue weighted by molar-refractivity contribution is 0.610. The zero-order valence-electron chi connectivity index (χ0n) is 13.6. The van der Waals surface area contributed by atoms with Crippen LogP contribution >= 0.6 is 10.8 Å². The molecule has 0 atom stereocenters. The fourth-order valence-corrected chi connectivity index (χ4v) is 5.60. The van der Waals surface area contributed by atoms with Crippen LogP contribution in [0.1, 0.15) is 30.9 Å². The molecule has 2 N–H and O–H groups in total. The van der Waals surface area contributed by atoms with E-state index < -0.39 is 8.87 Å². The normalized spacial score (nSPS) is 12.2. The number of hydrogen-bond acceptors (Lipinski definition) is 4. The molecule has 0 aliphatic carbocycles. The van der Waals surface area contributed by atoms with Gasteiger partial charge in [-0.05, 0) is 42.7 Å². The second kappa shape index (κ2) is 6.14. The first-order valence-electron chi connectivity index (χ1n) is 7.53. The summed E-state index contributed by atoms with van der Waals surface area (Å²) in [5.41, 5.74) is 2.88. The van der Waals surface area contributed by atoms with Crippen molar-refractivity contribution in [1.29, 1.82) is 0 Å². The number of aromatic nitrogens is 2. The van der Waals surface area contributed by atoms with E-state index in [0.29, 0.717) is 15.9 Å². The number of fused-ring (bicyclic) bond motifs is 1. The summed E-state index contributed by atoms with van der Waals surface area (Å²) in [5.74, 6) is 0.128. The Morgan fingerprint density at radius 2 is 1.58 bits per heavy atom. The highest BCUT2D eigenvalue weighted by molar-refractivity contribution is 8.72. The molecule has 5 nitrogen and oxygen atoms in total. The van der Waals surface area contributed by atoms with Crippen LogP contribution in [0.4, 0.5) is 0 Å². The van der Waals surface area contributed by atoms with E-state index >= 15 is 0 Å². The first-order valence-corrected chi connectivity index (χ1v) is 10.3. The lowest BCUT2D eigenvalue weighted by Gasteiger charge is -2.13. The molecule has 3 rings (SSSR count). The molecule has 0 fully saturated rings. The molecule has 7 heteroatoms. The second-order valence-electron chi connectivity index (χ2n) is 6.02. The maximum absolute atomic E-state index is 12.7. The zero-order valence-corrected chi connectivity index (χ0v) is 15.2. The van der Waals surface area contributed by atoms with Crippen LogP contribution in [-0.2, 0) is 8.87 Å². The Labute approximate surface area is 143 Å². The first-order chi connectivity index (χ1) is 11.3. The average molecular weight is 362 g/mol. The van der Waals surface area contributed by atoms with Gasteiger partial charge in [0, 0.05) is 15.7 Å². The minimum atomic E-state index is -3.53. The minimum absolute atomic E-state index is 0.128. The van der Waals surface area contributed by atoms with Gasteiger partial charge >= 0.3 is 5.69 Å². The number of nitrogens with one attached hydrogen (secondary N) is 2. The standard InChI is InChI=1S/C17H18N2O3S2/c1-10(2)13-8-14-15(19-17(20)18-14)9-16(13)23-24(21,22)12-6-4-11(3)5-7-12/h4-10H,1-3H3,(H2,18,19,20). The molecule has 1 heterocycles. The van der Waals surface area contributed by atoms with Crippen LogP contribution in [0.25, 0.3) is 11.0 Å². The van der Waals surface area contributed by atoms with E-state index in [0.717, 1.165) is 21.9 Å². The van der Waals surface area contributed by atoms with Gasteiger partial charge in [-0.1, -0.05) is 31.5 Å². The van der Waals surface area contributed by atoms with E-state index in [2.05, 4.69) is 9.97 Å².